The van der Waals surface area contributed by atoms with Crippen molar-refractivity contribution in [3.8, 4) is 16.9 Å². The van der Waals surface area contributed by atoms with E-state index in [1.807, 2.05) is 0 Å². The number of phenolic OH excluding ortho intramolecular Hbond substituents is 1. The Morgan fingerprint density at radius 3 is 2.36 bits per heavy atom. The number of carbonyl (C=O) groups is 4. The van der Waals surface area contributed by atoms with Crippen LogP contribution in [0.2, 0.25) is 0 Å². The first-order valence-electron chi connectivity index (χ1n) is 13.9. The number of hydrogen-bond acceptors (Lipinski definition) is 11. The molecule has 0 unspecified atom stereocenters. The minimum absolute atomic E-state index is 0.0189. The summed E-state index contributed by atoms with van der Waals surface area (Å²) in [5.41, 5.74) is 3.72. The molecular formula is C31H33N3O10. The molecule has 0 bridgehead atoms. The summed E-state index contributed by atoms with van der Waals surface area (Å²) in [6, 6.07) is 8.65. The molecule has 3 aliphatic rings. The summed E-state index contributed by atoms with van der Waals surface area (Å²) in [6.07, 6.45) is -0.529. The number of anilines is 1. The minimum Gasteiger partial charge on any atom is -0.510 e. The van der Waals surface area contributed by atoms with Crippen LogP contribution in [0.1, 0.15) is 22.3 Å². The zero-order valence-corrected chi connectivity index (χ0v) is 24.3. The predicted molar refractivity (Wildman–Crippen MR) is 156 cm³/mol. The number of nitrogens with two attached hydrogens (primary N) is 1. The lowest BCUT2D eigenvalue weighted by molar-refractivity contribution is -0.148. The van der Waals surface area contributed by atoms with Crippen molar-refractivity contribution in [3.05, 3.63) is 70.2 Å². The quantitative estimate of drug-likeness (QED) is 0.198. The van der Waals surface area contributed by atoms with Crippen molar-refractivity contribution in [2.75, 3.05) is 39.7 Å². The van der Waals surface area contributed by atoms with Gasteiger partial charge in [-0.05, 0) is 67.7 Å². The van der Waals surface area contributed by atoms with Crippen LogP contribution in [0.3, 0.4) is 0 Å². The Hall–Kier alpha value is -4.72. The molecule has 0 radical (unpaired) electrons. The van der Waals surface area contributed by atoms with Crippen LogP contribution in [-0.4, -0.2) is 95.0 Å². The Kier molecular flexibility index (Phi) is 7.97. The Morgan fingerprint density at radius 2 is 1.75 bits per heavy atom. The molecule has 13 heteroatoms. The van der Waals surface area contributed by atoms with Gasteiger partial charge in [-0.25, -0.2) is 4.79 Å². The van der Waals surface area contributed by atoms with Crippen LogP contribution in [0, 0.1) is 11.8 Å². The fourth-order valence-corrected chi connectivity index (χ4v) is 6.63. The molecule has 7 N–H and O–H groups in total. The highest BCUT2D eigenvalue weighted by atomic mass is 16.6. The van der Waals surface area contributed by atoms with Crippen LogP contribution in [0.15, 0.2) is 59.1 Å². The molecule has 0 aliphatic heterocycles. The van der Waals surface area contributed by atoms with E-state index in [1.165, 1.54) is 18.1 Å². The van der Waals surface area contributed by atoms with Gasteiger partial charge >= 0.3 is 6.09 Å². The van der Waals surface area contributed by atoms with Crippen LogP contribution in [0.4, 0.5) is 10.5 Å². The van der Waals surface area contributed by atoms with Crippen LogP contribution in [0.5, 0.6) is 5.75 Å². The number of carbonyl (C=O) groups excluding carboxylic acids is 4. The Balaban J connectivity index is 1.55. The minimum atomic E-state index is -2.70. The summed E-state index contributed by atoms with van der Waals surface area (Å²) in [7, 11) is 4.63. The van der Waals surface area contributed by atoms with E-state index >= 15 is 0 Å². The first-order valence-corrected chi connectivity index (χ1v) is 13.9. The topological polar surface area (TPSA) is 209 Å². The summed E-state index contributed by atoms with van der Waals surface area (Å²) in [6.45, 7) is 0.344. The average molecular weight is 608 g/mol. The number of aromatic hydroxyl groups is 1. The number of nitrogens with zero attached hydrogens (tertiary/aromatic N) is 1. The number of hydrogen-bond donors (Lipinski definition) is 6. The second-order valence-electron chi connectivity index (χ2n) is 11.3. The van der Waals surface area contributed by atoms with E-state index < -0.39 is 64.1 Å². The first kappa shape index (κ1) is 30.7. The molecule has 0 spiro atoms. The highest BCUT2D eigenvalue weighted by Crippen LogP contribution is 2.53. The zero-order valence-electron chi connectivity index (χ0n) is 24.3. The van der Waals surface area contributed by atoms with Gasteiger partial charge in [0.05, 0.1) is 18.2 Å². The molecule has 2 amide bonds. The van der Waals surface area contributed by atoms with E-state index in [-0.39, 0.29) is 42.9 Å². The second-order valence-corrected chi connectivity index (χ2v) is 11.3. The Labute approximate surface area is 252 Å². The van der Waals surface area contributed by atoms with E-state index in [4.69, 9.17) is 15.2 Å². The van der Waals surface area contributed by atoms with Gasteiger partial charge in [0.1, 0.15) is 29.4 Å². The summed E-state index contributed by atoms with van der Waals surface area (Å²) < 4.78 is 9.86. The molecule has 2 aromatic rings. The van der Waals surface area contributed by atoms with Gasteiger partial charge in [-0.3, -0.25) is 24.6 Å². The van der Waals surface area contributed by atoms with E-state index in [2.05, 4.69) is 5.32 Å². The van der Waals surface area contributed by atoms with Crippen molar-refractivity contribution in [1.29, 1.82) is 0 Å². The smallest absolute Gasteiger partial charge is 0.411 e. The highest BCUT2D eigenvalue weighted by Gasteiger charge is 2.63. The van der Waals surface area contributed by atoms with E-state index in [1.54, 1.807) is 44.4 Å². The number of likely N-dealkylation sites (N-methyl/N-ethyl adjacent to an activating group) is 1. The van der Waals surface area contributed by atoms with E-state index in [0.717, 1.165) is 0 Å². The third kappa shape index (κ3) is 4.78. The first-order chi connectivity index (χ1) is 20.8. The fourth-order valence-electron chi connectivity index (χ4n) is 6.63. The van der Waals surface area contributed by atoms with Crippen molar-refractivity contribution >= 4 is 29.3 Å². The number of primary amides is 1. The molecule has 4 atom stereocenters. The largest absolute Gasteiger partial charge is 0.510 e. The van der Waals surface area contributed by atoms with Crippen LogP contribution in [-0.2, 0) is 25.5 Å². The standard InChI is InChI=1S/C31H33N3O10/c1-34(2)24-19-13-15-12-18-17(14-4-6-16(7-5-14)33-30(41)44-11-10-43-3)8-9-20(35)22(18)25(36)21(15)27(38)31(19,42)28(39)23(26(24)37)29(32)40/h4-9,15,19,24,35,37-38,42H,10-13H2,1-3H3,(H2,32,40)(H,33,41)/t15-,19-,24-,31-/m0/s1. The summed E-state index contributed by atoms with van der Waals surface area (Å²) in [5.74, 6) is -7.07. The molecule has 3 aliphatic carbocycles. The molecule has 2 aromatic carbocycles. The number of methoxy groups -OCH3 is 1. The number of Topliss-reactive ketones (excluding diaryl/α,β-unsaturated/α-hetero) is 2. The van der Waals surface area contributed by atoms with Crippen molar-refractivity contribution in [3.63, 3.8) is 0 Å². The third-order valence-corrected chi connectivity index (χ3v) is 8.57. The lowest BCUT2D eigenvalue weighted by atomic mass is 9.58. The van der Waals surface area contributed by atoms with Crippen molar-refractivity contribution in [2.24, 2.45) is 17.6 Å². The summed E-state index contributed by atoms with van der Waals surface area (Å²) >= 11 is 0. The number of rotatable bonds is 7. The Morgan fingerprint density at radius 1 is 1.07 bits per heavy atom. The number of amides is 2. The maximum Gasteiger partial charge on any atom is 0.411 e. The number of allylic oxidation sites excluding steroid dienone is 1. The van der Waals surface area contributed by atoms with Crippen LogP contribution < -0.4 is 11.1 Å². The maximum atomic E-state index is 13.9. The van der Waals surface area contributed by atoms with Crippen molar-refractivity contribution in [2.45, 2.75) is 24.5 Å². The van der Waals surface area contributed by atoms with Crippen LogP contribution >= 0.6 is 0 Å². The molecule has 0 saturated heterocycles. The molecule has 0 heterocycles. The number of aliphatic hydroxyl groups is 3. The maximum absolute atomic E-state index is 13.9. The molecule has 232 valence electrons. The SMILES string of the molecule is COCCOC(=O)Nc1ccc(-c2ccc(O)c3c2C[C@H]2C[C@H]4[C@H](N(C)C)C(O)=C(C(N)=O)C(=O)[C@@]4(O)C(O)=C2C3=O)cc1. The average Bonchev–Trinajstić information content (AvgIpc) is 2.95. The lowest BCUT2D eigenvalue weighted by Crippen LogP contribution is -2.63. The fraction of sp³-hybridized carbons (Fsp3) is 0.355. The predicted octanol–water partition coefficient (Wildman–Crippen LogP) is 1.98. The van der Waals surface area contributed by atoms with Crippen LogP contribution in [0.25, 0.3) is 11.1 Å². The number of aliphatic hydroxyl groups excluding tert-OH is 2. The Bertz CT molecular complexity index is 1630. The number of fused-ring (bicyclic) bond motifs is 3. The summed E-state index contributed by atoms with van der Waals surface area (Å²) in [5, 5.41) is 47.5. The monoisotopic (exact) mass is 607 g/mol. The van der Waals surface area contributed by atoms with E-state index in [0.29, 0.717) is 22.4 Å². The number of benzene rings is 2. The zero-order chi connectivity index (χ0) is 32.1. The van der Waals surface area contributed by atoms with E-state index in [9.17, 15) is 39.6 Å². The highest BCUT2D eigenvalue weighted by molar-refractivity contribution is 6.25. The van der Waals surface area contributed by atoms with Gasteiger partial charge in [0.25, 0.3) is 5.91 Å². The molecule has 13 nitrogen and oxygen atoms in total. The van der Waals surface area contributed by atoms with Gasteiger partial charge in [0.15, 0.2) is 11.4 Å². The molecular weight excluding hydrogens is 574 g/mol. The molecule has 0 fully saturated rings. The van der Waals surface area contributed by atoms with Gasteiger partial charge in [-0.15, -0.1) is 0 Å². The van der Waals surface area contributed by atoms with Gasteiger partial charge in [0, 0.05) is 24.3 Å². The lowest BCUT2D eigenvalue weighted by Gasteiger charge is -2.50. The number of ketones is 2. The van der Waals surface area contributed by atoms with Gasteiger partial charge < -0.3 is 35.6 Å². The van der Waals surface area contributed by atoms with Gasteiger partial charge in [0.2, 0.25) is 5.78 Å². The normalized spacial score (nSPS) is 24.5. The summed E-state index contributed by atoms with van der Waals surface area (Å²) in [4.78, 5) is 53.0. The number of ether oxygens (including phenoxy) is 2. The third-order valence-electron chi connectivity index (χ3n) is 8.57. The van der Waals surface area contributed by atoms with Gasteiger partial charge in [-0.2, -0.15) is 0 Å². The molecule has 0 saturated carbocycles. The van der Waals surface area contributed by atoms with Gasteiger partial charge in [-0.1, -0.05) is 18.2 Å². The molecule has 44 heavy (non-hydrogen) atoms. The molecule has 5 rings (SSSR count). The van der Waals surface area contributed by atoms with Crippen molar-refractivity contribution < 1.29 is 49.1 Å². The molecule has 0 aromatic heterocycles. The number of nitrogens with one attached hydrogen (secondary N) is 1. The number of phenols is 1. The second kappa shape index (κ2) is 11.4. The van der Waals surface area contributed by atoms with Crippen molar-refractivity contribution in [1.82, 2.24) is 4.90 Å².